The maximum Gasteiger partial charge on any atom is 0.193 e. The van der Waals surface area contributed by atoms with Gasteiger partial charge in [-0.2, -0.15) is 0 Å². The molecule has 0 spiro atoms. The largest absolute Gasteiger partial charge is 0.382 e. The van der Waals surface area contributed by atoms with Crippen molar-refractivity contribution in [1.82, 2.24) is 14.8 Å². The highest BCUT2D eigenvalue weighted by atomic mass is 127. The highest BCUT2D eigenvalue weighted by molar-refractivity contribution is 14.0. The van der Waals surface area contributed by atoms with Gasteiger partial charge in [0.1, 0.15) is 0 Å². The minimum absolute atomic E-state index is 0. The minimum atomic E-state index is 0. The van der Waals surface area contributed by atoms with Gasteiger partial charge in [-0.15, -0.1) is 24.0 Å². The number of rotatable bonds is 8. The van der Waals surface area contributed by atoms with Crippen LogP contribution >= 0.6 is 24.0 Å². The molecule has 1 saturated carbocycles. The first-order chi connectivity index (χ1) is 11.6. The molecule has 0 amide bonds. The number of nitrogens with one attached hydrogen (secondary N) is 1. The lowest BCUT2D eigenvalue weighted by Crippen LogP contribution is -2.44. The summed E-state index contributed by atoms with van der Waals surface area (Å²) in [4.78, 5) is 6.67. The third kappa shape index (κ3) is 6.47. The summed E-state index contributed by atoms with van der Waals surface area (Å²) in [5.41, 5.74) is 1.66. The molecule has 0 atom stereocenters. The van der Waals surface area contributed by atoms with E-state index in [1.807, 2.05) is 7.05 Å². The van der Waals surface area contributed by atoms with E-state index in [-0.39, 0.29) is 24.0 Å². The molecule has 1 aliphatic rings. The fourth-order valence-electron chi connectivity index (χ4n) is 3.70. The summed E-state index contributed by atoms with van der Waals surface area (Å²) in [6.45, 7) is 5.60. The average molecular weight is 462 g/mol. The van der Waals surface area contributed by atoms with Crippen molar-refractivity contribution in [3.05, 3.63) is 24.0 Å². The van der Waals surface area contributed by atoms with E-state index in [1.54, 1.807) is 0 Å². The number of aryl methyl sites for hydroxylation is 1. The molecule has 1 N–H and O–H groups in total. The van der Waals surface area contributed by atoms with Crippen molar-refractivity contribution in [3.8, 4) is 0 Å². The highest BCUT2D eigenvalue weighted by Crippen LogP contribution is 2.40. The second-order valence-corrected chi connectivity index (χ2v) is 7.02. The molecule has 1 aliphatic carbocycles. The van der Waals surface area contributed by atoms with Gasteiger partial charge in [-0.1, -0.05) is 12.8 Å². The predicted octanol–water partition coefficient (Wildman–Crippen LogP) is 3.64. The van der Waals surface area contributed by atoms with Gasteiger partial charge in [0.05, 0.1) is 6.54 Å². The molecule has 25 heavy (non-hydrogen) atoms. The monoisotopic (exact) mass is 462 g/mol. The Morgan fingerprint density at radius 1 is 1.40 bits per heavy atom. The summed E-state index contributed by atoms with van der Waals surface area (Å²) < 4.78 is 7.77. The molecule has 0 aliphatic heterocycles. The Morgan fingerprint density at radius 3 is 2.68 bits per heavy atom. The molecule has 0 aromatic carbocycles. The zero-order valence-corrected chi connectivity index (χ0v) is 18.6. The van der Waals surface area contributed by atoms with Gasteiger partial charge in [0, 0.05) is 52.8 Å². The van der Waals surface area contributed by atoms with Gasteiger partial charge in [-0.05, 0) is 43.7 Å². The molecule has 1 aromatic heterocycles. The van der Waals surface area contributed by atoms with Crippen LogP contribution in [0.5, 0.6) is 0 Å². The number of aliphatic imine (C=N–C) groups is 1. The third-order valence-corrected chi connectivity index (χ3v) is 5.29. The maximum absolute atomic E-state index is 5.61. The van der Waals surface area contributed by atoms with Crippen molar-refractivity contribution >= 4 is 29.9 Å². The van der Waals surface area contributed by atoms with Crippen LogP contribution in [0.25, 0.3) is 0 Å². The molecule has 0 saturated heterocycles. The predicted molar refractivity (Wildman–Crippen MR) is 116 cm³/mol. The Labute approximate surface area is 170 Å². The Bertz CT molecular complexity index is 523. The van der Waals surface area contributed by atoms with Crippen LogP contribution in [0.3, 0.4) is 0 Å². The first kappa shape index (κ1) is 22.3. The normalized spacial score (nSPS) is 16.6. The number of halogens is 1. The van der Waals surface area contributed by atoms with E-state index in [0.29, 0.717) is 5.41 Å². The zero-order valence-electron chi connectivity index (χ0n) is 16.3. The molecule has 1 fully saturated rings. The van der Waals surface area contributed by atoms with E-state index in [1.165, 1.54) is 31.4 Å². The van der Waals surface area contributed by atoms with Crippen molar-refractivity contribution in [3.63, 3.8) is 0 Å². The smallest absolute Gasteiger partial charge is 0.193 e. The van der Waals surface area contributed by atoms with E-state index < -0.39 is 0 Å². The molecule has 2 rings (SSSR count). The Hall–Kier alpha value is -0.760. The lowest BCUT2D eigenvalue weighted by Gasteiger charge is -2.32. The molecule has 6 heteroatoms. The number of nitrogens with zero attached hydrogens (tertiary/aromatic N) is 3. The highest BCUT2D eigenvalue weighted by Gasteiger charge is 2.33. The zero-order chi connectivity index (χ0) is 17.4. The number of aromatic nitrogens is 1. The van der Waals surface area contributed by atoms with E-state index in [9.17, 15) is 0 Å². The quantitative estimate of drug-likeness (QED) is 0.278. The molecular weight excluding hydrogens is 427 g/mol. The van der Waals surface area contributed by atoms with Crippen LogP contribution in [0.2, 0.25) is 0 Å². The molecule has 1 aromatic rings. The summed E-state index contributed by atoms with van der Waals surface area (Å²) in [6, 6.07) is 4.24. The van der Waals surface area contributed by atoms with Crippen molar-refractivity contribution < 1.29 is 4.74 Å². The lowest BCUT2D eigenvalue weighted by molar-refractivity contribution is 0.104. The molecule has 1 heterocycles. The molecular formula is C19H35IN4O. The summed E-state index contributed by atoms with van der Waals surface area (Å²) in [7, 11) is 6.05. The van der Waals surface area contributed by atoms with Crippen LogP contribution < -0.4 is 5.32 Å². The SMILES string of the molecule is CCOCCC1(CNC(=NC)N(C)Cc2cccn2C)CCCC1.I. The van der Waals surface area contributed by atoms with Crippen LogP contribution in [-0.4, -0.2) is 49.3 Å². The van der Waals surface area contributed by atoms with Crippen molar-refractivity contribution in [2.24, 2.45) is 17.5 Å². The summed E-state index contributed by atoms with van der Waals surface area (Å²) >= 11 is 0. The Morgan fingerprint density at radius 2 is 2.12 bits per heavy atom. The van der Waals surface area contributed by atoms with Gasteiger partial charge in [0.25, 0.3) is 0 Å². The molecule has 0 unspecified atom stereocenters. The van der Waals surface area contributed by atoms with Crippen LogP contribution in [0, 0.1) is 5.41 Å². The van der Waals surface area contributed by atoms with E-state index >= 15 is 0 Å². The standard InChI is InChI=1S/C19H34N4O.HI/c1-5-24-14-12-19(10-6-7-11-19)16-21-18(20-2)23(4)15-17-9-8-13-22(17)3;/h8-9,13H,5-7,10-12,14-16H2,1-4H3,(H,20,21);1H. The maximum atomic E-state index is 5.61. The van der Waals surface area contributed by atoms with Gasteiger partial charge >= 0.3 is 0 Å². The van der Waals surface area contributed by atoms with E-state index in [4.69, 9.17) is 4.74 Å². The molecule has 0 bridgehead atoms. The Kier molecular flexibility index (Phi) is 9.86. The minimum Gasteiger partial charge on any atom is -0.382 e. The van der Waals surface area contributed by atoms with E-state index in [0.717, 1.165) is 38.7 Å². The van der Waals surface area contributed by atoms with Crippen molar-refractivity contribution in [2.45, 2.75) is 45.6 Å². The fourth-order valence-corrected chi connectivity index (χ4v) is 3.70. The molecule has 5 nitrogen and oxygen atoms in total. The number of guanidine groups is 1. The van der Waals surface area contributed by atoms with Gasteiger partial charge in [-0.25, -0.2) is 0 Å². The average Bonchev–Trinajstić information content (AvgIpc) is 3.19. The topological polar surface area (TPSA) is 41.8 Å². The van der Waals surface area contributed by atoms with Crippen molar-refractivity contribution in [1.29, 1.82) is 0 Å². The van der Waals surface area contributed by atoms with Gasteiger partial charge in [-0.3, -0.25) is 4.99 Å². The van der Waals surface area contributed by atoms with Crippen LogP contribution in [0.15, 0.2) is 23.3 Å². The third-order valence-electron chi connectivity index (χ3n) is 5.29. The summed E-state index contributed by atoms with van der Waals surface area (Å²) in [5.74, 6) is 0.971. The summed E-state index contributed by atoms with van der Waals surface area (Å²) in [5, 5.41) is 3.62. The van der Waals surface area contributed by atoms with Crippen LogP contribution in [-0.2, 0) is 18.3 Å². The first-order valence-electron chi connectivity index (χ1n) is 9.20. The van der Waals surface area contributed by atoms with Gasteiger partial charge in [0.15, 0.2) is 5.96 Å². The van der Waals surface area contributed by atoms with Crippen molar-refractivity contribution in [2.75, 3.05) is 33.9 Å². The number of ether oxygens (including phenoxy) is 1. The number of hydrogen-bond donors (Lipinski definition) is 1. The first-order valence-corrected chi connectivity index (χ1v) is 9.20. The molecule has 0 radical (unpaired) electrons. The molecule has 144 valence electrons. The lowest BCUT2D eigenvalue weighted by atomic mass is 9.83. The second-order valence-electron chi connectivity index (χ2n) is 7.02. The van der Waals surface area contributed by atoms with Crippen LogP contribution in [0.4, 0.5) is 0 Å². The number of hydrogen-bond acceptors (Lipinski definition) is 2. The fraction of sp³-hybridized carbons (Fsp3) is 0.737. The Balaban J connectivity index is 0.00000312. The van der Waals surface area contributed by atoms with Gasteiger partial charge < -0.3 is 19.5 Å². The second kappa shape index (κ2) is 11.1. The van der Waals surface area contributed by atoms with Crippen LogP contribution in [0.1, 0.15) is 44.7 Å². The van der Waals surface area contributed by atoms with Gasteiger partial charge in [0.2, 0.25) is 0 Å². The summed E-state index contributed by atoms with van der Waals surface area (Å²) in [6.07, 6.45) is 8.50. The van der Waals surface area contributed by atoms with E-state index in [2.05, 4.69) is 59.1 Å².